The van der Waals surface area contributed by atoms with Crippen molar-refractivity contribution >= 4 is 5.96 Å². The van der Waals surface area contributed by atoms with Crippen LogP contribution in [0.3, 0.4) is 0 Å². The van der Waals surface area contributed by atoms with E-state index in [1.54, 1.807) is 21.3 Å². The van der Waals surface area contributed by atoms with Gasteiger partial charge in [0.15, 0.2) is 5.96 Å². The number of likely N-dealkylation sites (tertiary alicyclic amines) is 1. The minimum Gasteiger partial charge on any atom is -0.497 e. The zero-order valence-electron chi connectivity index (χ0n) is 17.0. The number of ether oxygens (including phenoxy) is 4. The molecule has 0 radical (unpaired) electrons. The van der Waals surface area contributed by atoms with E-state index in [-0.39, 0.29) is 0 Å². The maximum Gasteiger partial charge on any atom is 0.193 e. The topological polar surface area (TPSA) is 64.6 Å². The fraction of sp³-hybridized carbons (Fsp3) is 0.650. The molecule has 1 aliphatic heterocycles. The van der Waals surface area contributed by atoms with Gasteiger partial charge in [-0.3, -0.25) is 4.99 Å². The first-order chi connectivity index (χ1) is 13.2. The predicted molar refractivity (Wildman–Crippen MR) is 107 cm³/mol. The Hall–Kier alpha value is -1.99. The molecule has 1 aromatic rings. The maximum atomic E-state index is 5.93. The number of rotatable bonds is 9. The van der Waals surface area contributed by atoms with Crippen molar-refractivity contribution in [2.45, 2.75) is 31.9 Å². The monoisotopic (exact) mass is 379 g/mol. The molecule has 1 fully saturated rings. The van der Waals surface area contributed by atoms with Gasteiger partial charge in [0.1, 0.15) is 11.5 Å². The van der Waals surface area contributed by atoms with E-state index in [1.807, 2.05) is 25.2 Å². The zero-order chi connectivity index (χ0) is 19.5. The van der Waals surface area contributed by atoms with Crippen molar-refractivity contribution in [1.29, 1.82) is 0 Å². The summed E-state index contributed by atoms with van der Waals surface area (Å²) in [6.07, 6.45) is 3.31. The van der Waals surface area contributed by atoms with Gasteiger partial charge in [0.2, 0.25) is 0 Å². The second-order valence-corrected chi connectivity index (χ2v) is 6.48. The van der Waals surface area contributed by atoms with Gasteiger partial charge in [-0.05, 0) is 31.4 Å². The van der Waals surface area contributed by atoms with Gasteiger partial charge in [0.05, 0.1) is 20.3 Å². The summed E-state index contributed by atoms with van der Waals surface area (Å²) in [5.41, 5.74) is 1.07. The number of nitrogens with one attached hydrogen (secondary N) is 1. The molecule has 1 aromatic carbocycles. The summed E-state index contributed by atoms with van der Waals surface area (Å²) in [7, 11) is 6.86. The third kappa shape index (κ3) is 6.59. The van der Waals surface area contributed by atoms with E-state index in [0.717, 1.165) is 68.6 Å². The number of hydrogen-bond acceptors (Lipinski definition) is 5. The quantitative estimate of drug-likeness (QED) is 0.404. The van der Waals surface area contributed by atoms with Crippen LogP contribution in [0.15, 0.2) is 23.2 Å². The minimum atomic E-state index is 0.331. The highest BCUT2D eigenvalue weighted by atomic mass is 16.5. The molecule has 2 rings (SSSR count). The van der Waals surface area contributed by atoms with Crippen molar-refractivity contribution in [3.05, 3.63) is 23.8 Å². The van der Waals surface area contributed by atoms with Crippen LogP contribution in [0, 0.1) is 0 Å². The molecule has 27 heavy (non-hydrogen) atoms. The van der Waals surface area contributed by atoms with Crippen molar-refractivity contribution in [3.8, 4) is 11.5 Å². The summed E-state index contributed by atoms with van der Waals surface area (Å²) in [5, 5.41) is 3.44. The maximum absolute atomic E-state index is 5.93. The molecule has 0 bridgehead atoms. The Morgan fingerprint density at radius 3 is 2.56 bits per heavy atom. The first-order valence-corrected chi connectivity index (χ1v) is 9.48. The summed E-state index contributed by atoms with van der Waals surface area (Å²) in [6, 6.07) is 5.85. The average molecular weight is 380 g/mol. The predicted octanol–water partition coefficient (Wildman–Crippen LogP) is 2.30. The van der Waals surface area contributed by atoms with Gasteiger partial charge in [0, 0.05) is 58.6 Å². The van der Waals surface area contributed by atoms with Crippen LogP contribution in [0.25, 0.3) is 0 Å². The van der Waals surface area contributed by atoms with E-state index < -0.39 is 0 Å². The second-order valence-electron chi connectivity index (χ2n) is 6.48. The first-order valence-electron chi connectivity index (χ1n) is 9.48. The van der Waals surface area contributed by atoms with Crippen LogP contribution in [-0.4, -0.2) is 71.6 Å². The Labute approximate surface area is 162 Å². The molecule has 1 saturated heterocycles. The molecule has 0 aromatic heterocycles. The van der Waals surface area contributed by atoms with Crippen molar-refractivity contribution in [3.63, 3.8) is 0 Å². The number of benzene rings is 1. The molecule has 152 valence electrons. The van der Waals surface area contributed by atoms with Crippen LogP contribution in [0.5, 0.6) is 11.5 Å². The molecular weight excluding hydrogens is 346 g/mol. The van der Waals surface area contributed by atoms with Gasteiger partial charge >= 0.3 is 0 Å². The van der Waals surface area contributed by atoms with Crippen LogP contribution in [0.2, 0.25) is 0 Å². The van der Waals surface area contributed by atoms with E-state index in [4.69, 9.17) is 18.9 Å². The van der Waals surface area contributed by atoms with Crippen molar-refractivity contribution in [1.82, 2.24) is 10.2 Å². The molecule has 0 atom stereocenters. The van der Waals surface area contributed by atoms with E-state index in [1.165, 1.54) is 0 Å². The lowest BCUT2D eigenvalue weighted by atomic mass is 10.1. The van der Waals surface area contributed by atoms with Crippen molar-refractivity contribution in [2.24, 2.45) is 4.99 Å². The summed E-state index contributed by atoms with van der Waals surface area (Å²) in [6.45, 7) is 4.04. The molecular formula is C20H33N3O4. The number of piperidine rings is 1. The van der Waals surface area contributed by atoms with Crippen molar-refractivity contribution in [2.75, 3.05) is 54.7 Å². The molecule has 1 heterocycles. The summed E-state index contributed by atoms with van der Waals surface area (Å²) < 4.78 is 21.7. The van der Waals surface area contributed by atoms with Crippen LogP contribution in [-0.2, 0) is 16.0 Å². The summed E-state index contributed by atoms with van der Waals surface area (Å²) in [5.74, 6) is 2.50. The van der Waals surface area contributed by atoms with Gasteiger partial charge in [0.25, 0.3) is 0 Å². The number of hydrogen-bond donors (Lipinski definition) is 1. The highest BCUT2D eigenvalue weighted by Gasteiger charge is 2.22. The van der Waals surface area contributed by atoms with Gasteiger partial charge in [-0.2, -0.15) is 0 Å². The van der Waals surface area contributed by atoms with Gasteiger partial charge in [-0.1, -0.05) is 0 Å². The van der Waals surface area contributed by atoms with Crippen LogP contribution >= 0.6 is 0 Å². The standard InChI is InChI=1S/C20H33N3O4/c1-21-20(22-15-16-6-7-18(25-3)14-19(16)26-4)23-10-8-17(9-11-23)27-13-5-12-24-2/h6-7,14,17H,5,8-13,15H2,1-4H3,(H,21,22). The molecule has 0 amide bonds. The molecule has 7 nitrogen and oxygen atoms in total. The highest BCUT2D eigenvalue weighted by Crippen LogP contribution is 2.24. The number of nitrogens with zero attached hydrogens (tertiary/aromatic N) is 2. The molecule has 7 heteroatoms. The fourth-order valence-electron chi connectivity index (χ4n) is 3.19. The first kappa shape index (κ1) is 21.3. The van der Waals surface area contributed by atoms with E-state index in [9.17, 15) is 0 Å². The van der Waals surface area contributed by atoms with E-state index >= 15 is 0 Å². The third-order valence-electron chi connectivity index (χ3n) is 4.73. The second kappa shape index (κ2) is 11.7. The summed E-state index contributed by atoms with van der Waals surface area (Å²) >= 11 is 0. The van der Waals surface area contributed by atoms with E-state index in [0.29, 0.717) is 12.6 Å². The average Bonchev–Trinajstić information content (AvgIpc) is 2.72. The fourth-order valence-corrected chi connectivity index (χ4v) is 3.19. The largest absolute Gasteiger partial charge is 0.497 e. The Kier molecular flexibility index (Phi) is 9.21. The molecule has 0 aliphatic carbocycles. The molecule has 0 saturated carbocycles. The lowest BCUT2D eigenvalue weighted by molar-refractivity contribution is 0.00989. The van der Waals surface area contributed by atoms with Gasteiger partial charge < -0.3 is 29.2 Å². The van der Waals surface area contributed by atoms with E-state index in [2.05, 4.69) is 15.2 Å². The number of methoxy groups -OCH3 is 3. The smallest absolute Gasteiger partial charge is 0.193 e. The van der Waals surface area contributed by atoms with Crippen LogP contribution in [0.1, 0.15) is 24.8 Å². The highest BCUT2D eigenvalue weighted by molar-refractivity contribution is 5.80. The zero-order valence-corrected chi connectivity index (χ0v) is 17.0. The van der Waals surface area contributed by atoms with Crippen LogP contribution in [0.4, 0.5) is 0 Å². The molecule has 0 spiro atoms. The summed E-state index contributed by atoms with van der Waals surface area (Å²) in [4.78, 5) is 6.72. The van der Waals surface area contributed by atoms with Crippen LogP contribution < -0.4 is 14.8 Å². The Bertz CT molecular complexity index is 587. The Morgan fingerprint density at radius 2 is 1.93 bits per heavy atom. The Balaban J connectivity index is 1.81. The SMILES string of the molecule is CN=C(NCc1ccc(OC)cc1OC)N1CCC(OCCCOC)CC1. The van der Waals surface area contributed by atoms with Gasteiger partial charge in [-0.25, -0.2) is 0 Å². The lowest BCUT2D eigenvalue weighted by Gasteiger charge is -2.34. The molecule has 0 unspecified atom stereocenters. The molecule has 1 N–H and O–H groups in total. The molecule has 1 aliphatic rings. The normalized spacial score (nSPS) is 15.7. The third-order valence-corrected chi connectivity index (χ3v) is 4.73. The lowest BCUT2D eigenvalue weighted by Crippen LogP contribution is -2.46. The number of aliphatic imine (C=N–C) groups is 1. The van der Waals surface area contributed by atoms with Crippen molar-refractivity contribution < 1.29 is 18.9 Å². The number of guanidine groups is 1. The Morgan fingerprint density at radius 1 is 1.15 bits per heavy atom. The minimum absolute atomic E-state index is 0.331. The van der Waals surface area contributed by atoms with Gasteiger partial charge in [-0.15, -0.1) is 0 Å².